The summed E-state index contributed by atoms with van der Waals surface area (Å²) in [5, 5.41) is 6.88. The number of halogens is 1. The second kappa shape index (κ2) is 2.83. The first-order valence-corrected chi connectivity index (χ1v) is 3.47. The van der Waals surface area contributed by atoms with Gasteiger partial charge in [-0.1, -0.05) is 5.16 Å². The van der Waals surface area contributed by atoms with Gasteiger partial charge in [-0.2, -0.15) is 0 Å². The number of nitrogens with zero attached hydrogens (tertiary/aromatic N) is 1. The molecule has 0 bridgehead atoms. The quantitative estimate of drug-likeness (QED) is 0.735. The predicted molar refractivity (Wildman–Crippen MR) is 43.7 cm³/mol. The third-order valence-corrected chi connectivity index (χ3v) is 2.14. The van der Waals surface area contributed by atoms with E-state index in [1.807, 2.05) is 13.1 Å². The molecule has 0 aliphatic heterocycles. The maximum absolute atomic E-state index is 5.04. The number of rotatable bonds is 2. The Kier molecular flexibility index (Phi) is 2.20. The highest BCUT2D eigenvalue weighted by atomic mass is 35.5. The van der Waals surface area contributed by atoms with Crippen molar-refractivity contribution in [2.24, 2.45) is 0 Å². The second-order valence-corrected chi connectivity index (χ2v) is 2.71. The molecule has 2 rings (SSSR count). The zero-order valence-electron chi connectivity index (χ0n) is 6.33. The third kappa shape index (κ3) is 1.26. The number of aromatic nitrogens is 1. The lowest BCUT2D eigenvalue weighted by Crippen LogP contribution is -2.23. The molecule has 0 aromatic carbocycles. The number of hydrogen-bond acceptors (Lipinski definition) is 3. The summed E-state index contributed by atoms with van der Waals surface area (Å²) in [6, 6.07) is 1.92. The molecule has 1 aliphatic carbocycles. The fourth-order valence-electron chi connectivity index (χ4n) is 1.21. The Hall–Kier alpha value is -0.540. The average Bonchev–Trinajstić information content (AvgIpc) is 2.58. The van der Waals surface area contributed by atoms with Gasteiger partial charge < -0.3 is 9.84 Å². The largest absolute Gasteiger partial charge is 0.359 e. The number of hydrogen-bond donors (Lipinski definition) is 1. The van der Waals surface area contributed by atoms with E-state index in [0.29, 0.717) is 0 Å². The summed E-state index contributed by atoms with van der Waals surface area (Å²) < 4.78 is 5.04. The van der Waals surface area contributed by atoms with Crippen molar-refractivity contribution in [3.63, 3.8) is 0 Å². The van der Waals surface area contributed by atoms with Crippen LogP contribution in [0.15, 0.2) is 16.8 Å². The molecule has 4 heteroatoms. The van der Waals surface area contributed by atoms with Crippen LogP contribution in [0.1, 0.15) is 18.6 Å². The van der Waals surface area contributed by atoms with E-state index in [0.717, 1.165) is 5.76 Å². The van der Waals surface area contributed by atoms with Crippen LogP contribution < -0.4 is 5.32 Å². The van der Waals surface area contributed by atoms with Gasteiger partial charge in [0, 0.05) is 6.07 Å². The minimum absolute atomic E-state index is 0. The molecule has 0 atom stereocenters. The predicted octanol–water partition coefficient (Wildman–Crippen LogP) is 1.30. The maximum Gasteiger partial charge on any atom is 0.156 e. The van der Waals surface area contributed by atoms with Crippen LogP contribution in [0.4, 0.5) is 0 Å². The molecule has 62 valence electrons. The van der Waals surface area contributed by atoms with Gasteiger partial charge in [0.15, 0.2) is 5.76 Å². The molecule has 0 unspecified atom stereocenters. The van der Waals surface area contributed by atoms with Crippen molar-refractivity contribution >= 4 is 12.4 Å². The molecule has 0 saturated heterocycles. The molecule has 1 aromatic heterocycles. The molecule has 3 nitrogen and oxygen atoms in total. The van der Waals surface area contributed by atoms with Gasteiger partial charge in [0.2, 0.25) is 0 Å². The van der Waals surface area contributed by atoms with E-state index < -0.39 is 0 Å². The molecule has 1 fully saturated rings. The van der Waals surface area contributed by atoms with Crippen LogP contribution in [-0.2, 0) is 5.54 Å². The first-order valence-electron chi connectivity index (χ1n) is 3.47. The Labute approximate surface area is 71.6 Å². The summed E-state index contributed by atoms with van der Waals surface area (Å²) in [6.07, 6.45) is 4.02. The normalized spacial score (nSPS) is 19.0. The molecule has 0 amide bonds. The van der Waals surface area contributed by atoms with E-state index in [-0.39, 0.29) is 17.9 Å². The average molecular weight is 175 g/mol. The van der Waals surface area contributed by atoms with E-state index in [9.17, 15) is 0 Å². The van der Waals surface area contributed by atoms with E-state index in [2.05, 4.69) is 10.5 Å². The Morgan fingerprint density at radius 2 is 2.36 bits per heavy atom. The highest BCUT2D eigenvalue weighted by Crippen LogP contribution is 2.44. The minimum Gasteiger partial charge on any atom is -0.359 e. The molecule has 11 heavy (non-hydrogen) atoms. The topological polar surface area (TPSA) is 38.1 Å². The summed E-state index contributed by atoms with van der Waals surface area (Å²) in [4.78, 5) is 0. The minimum atomic E-state index is 0. The molecule has 0 radical (unpaired) electrons. The van der Waals surface area contributed by atoms with Crippen molar-refractivity contribution in [3.05, 3.63) is 18.0 Å². The Morgan fingerprint density at radius 3 is 2.73 bits per heavy atom. The maximum atomic E-state index is 5.04. The molecule has 0 spiro atoms. The smallest absolute Gasteiger partial charge is 0.156 e. The van der Waals surface area contributed by atoms with Crippen molar-refractivity contribution in [2.45, 2.75) is 18.4 Å². The summed E-state index contributed by atoms with van der Waals surface area (Å²) in [7, 11) is 1.95. The van der Waals surface area contributed by atoms with Gasteiger partial charge in [-0.05, 0) is 19.9 Å². The molecule has 1 heterocycles. The van der Waals surface area contributed by atoms with Crippen LogP contribution in [0.25, 0.3) is 0 Å². The summed E-state index contributed by atoms with van der Waals surface area (Å²) in [5.74, 6) is 0.968. The van der Waals surface area contributed by atoms with Gasteiger partial charge in [0.05, 0.1) is 11.7 Å². The Morgan fingerprint density at radius 1 is 1.64 bits per heavy atom. The molecule has 1 saturated carbocycles. The van der Waals surface area contributed by atoms with E-state index in [4.69, 9.17) is 4.52 Å². The molecule has 1 aliphatic rings. The van der Waals surface area contributed by atoms with Gasteiger partial charge in [-0.25, -0.2) is 0 Å². The van der Waals surface area contributed by atoms with Gasteiger partial charge in [0.25, 0.3) is 0 Å². The van der Waals surface area contributed by atoms with Gasteiger partial charge >= 0.3 is 0 Å². The Balaban J connectivity index is 0.000000605. The van der Waals surface area contributed by atoms with Crippen LogP contribution in [0.2, 0.25) is 0 Å². The zero-order chi connectivity index (χ0) is 7.03. The Bertz CT molecular complexity index is 218. The summed E-state index contributed by atoms with van der Waals surface area (Å²) >= 11 is 0. The fraction of sp³-hybridized carbons (Fsp3) is 0.571. The van der Waals surface area contributed by atoms with Gasteiger partial charge in [-0.3, -0.25) is 0 Å². The van der Waals surface area contributed by atoms with Crippen molar-refractivity contribution < 1.29 is 4.52 Å². The summed E-state index contributed by atoms with van der Waals surface area (Å²) in [5.41, 5.74) is 0.135. The lowest BCUT2D eigenvalue weighted by Gasteiger charge is -2.07. The molecular weight excluding hydrogens is 164 g/mol. The highest BCUT2D eigenvalue weighted by Gasteiger charge is 2.45. The lowest BCUT2D eigenvalue weighted by atomic mass is 10.2. The van der Waals surface area contributed by atoms with Crippen LogP contribution in [0, 0.1) is 0 Å². The lowest BCUT2D eigenvalue weighted by molar-refractivity contribution is 0.336. The van der Waals surface area contributed by atoms with Crippen molar-refractivity contribution in [1.29, 1.82) is 0 Å². The van der Waals surface area contributed by atoms with Crippen LogP contribution >= 0.6 is 12.4 Å². The van der Waals surface area contributed by atoms with Crippen molar-refractivity contribution in [3.8, 4) is 0 Å². The standard InChI is InChI=1S/C7H10N2O.ClH/c1-8-7(3-4-7)6-2-5-9-10-6;/h2,5,8H,3-4H2,1H3;1H. The number of nitrogens with one attached hydrogen (secondary N) is 1. The highest BCUT2D eigenvalue weighted by molar-refractivity contribution is 5.85. The van der Waals surface area contributed by atoms with Crippen molar-refractivity contribution in [1.82, 2.24) is 10.5 Å². The zero-order valence-corrected chi connectivity index (χ0v) is 7.15. The first kappa shape index (κ1) is 8.56. The molecule has 1 aromatic rings. The van der Waals surface area contributed by atoms with Crippen LogP contribution in [-0.4, -0.2) is 12.2 Å². The molecular formula is C7H11ClN2O. The van der Waals surface area contributed by atoms with Crippen LogP contribution in [0.3, 0.4) is 0 Å². The second-order valence-electron chi connectivity index (χ2n) is 2.71. The van der Waals surface area contributed by atoms with E-state index >= 15 is 0 Å². The van der Waals surface area contributed by atoms with E-state index in [1.54, 1.807) is 6.20 Å². The van der Waals surface area contributed by atoms with E-state index in [1.165, 1.54) is 12.8 Å². The van der Waals surface area contributed by atoms with Gasteiger partial charge in [0.1, 0.15) is 0 Å². The SMILES string of the molecule is CNC1(c2ccno2)CC1.Cl. The third-order valence-electron chi connectivity index (χ3n) is 2.14. The van der Waals surface area contributed by atoms with Crippen molar-refractivity contribution in [2.75, 3.05) is 7.05 Å². The van der Waals surface area contributed by atoms with Crippen LogP contribution in [0.5, 0.6) is 0 Å². The fourth-order valence-corrected chi connectivity index (χ4v) is 1.21. The summed E-state index contributed by atoms with van der Waals surface area (Å²) in [6.45, 7) is 0. The first-order chi connectivity index (χ1) is 4.87. The van der Waals surface area contributed by atoms with Gasteiger partial charge in [-0.15, -0.1) is 12.4 Å². The molecule has 1 N–H and O–H groups in total. The monoisotopic (exact) mass is 174 g/mol.